The summed E-state index contributed by atoms with van der Waals surface area (Å²) in [5.74, 6) is 2.40. The van der Waals surface area contributed by atoms with Crippen molar-refractivity contribution in [3.63, 3.8) is 0 Å². The lowest BCUT2D eigenvalue weighted by atomic mass is 9.91. The van der Waals surface area contributed by atoms with E-state index in [9.17, 15) is 0 Å². The molecule has 0 aromatic carbocycles. The summed E-state index contributed by atoms with van der Waals surface area (Å²) >= 11 is 0. The summed E-state index contributed by atoms with van der Waals surface area (Å²) in [4.78, 5) is 0. The van der Waals surface area contributed by atoms with Crippen molar-refractivity contribution in [2.24, 2.45) is 17.8 Å². The van der Waals surface area contributed by atoms with E-state index in [-0.39, 0.29) is 12.1 Å². The van der Waals surface area contributed by atoms with Gasteiger partial charge >= 0.3 is 0 Å². The fourth-order valence-electron chi connectivity index (χ4n) is 3.28. The highest BCUT2D eigenvalue weighted by atomic mass is 16.5. The number of fused-ring (bicyclic) bond motifs is 2. The molecule has 1 fully saturated rings. The minimum Gasteiger partial charge on any atom is -0.396 e. The first kappa shape index (κ1) is 13.1. The van der Waals surface area contributed by atoms with Crippen molar-refractivity contribution in [1.29, 1.82) is 0 Å². The average molecular weight is 239 g/mol. The van der Waals surface area contributed by atoms with Gasteiger partial charge < -0.3 is 15.2 Å². The molecule has 0 amide bonds. The fourth-order valence-corrected chi connectivity index (χ4v) is 3.28. The smallest absolute Gasteiger partial charge is 0.0642 e. The lowest BCUT2D eigenvalue weighted by molar-refractivity contribution is 0.0940. The van der Waals surface area contributed by atoms with E-state index in [4.69, 9.17) is 9.84 Å². The summed E-state index contributed by atoms with van der Waals surface area (Å²) < 4.78 is 5.25. The number of rotatable bonds is 7. The van der Waals surface area contributed by atoms with Gasteiger partial charge in [-0.2, -0.15) is 0 Å². The normalized spacial score (nSPS) is 34.2. The second-order valence-electron chi connectivity index (χ2n) is 5.89. The van der Waals surface area contributed by atoms with Gasteiger partial charge in [0.25, 0.3) is 0 Å². The third-order valence-corrected chi connectivity index (χ3v) is 4.33. The Bertz CT molecular complexity index is 271. The number of nitrogens with one attached hydrogen (secondary N) is 1. The number of hydrogen-bond acceptors (Lipinski definition) is 3. The first-order valence-electron chi connectivity index (χ1n) is 6.70. The Morgan fingerprint density at radius 3 is 2.76 bits per heavy atom. The summed E-state index contributed by atoms with van der Waals surface area (Å²) in [6, 6.07) is 0. The van der Waals surface area contributed by atoms with Crippen LogP contribution < -0.4 is 5.32 Å². The summed E-state index contributed by atoms with van der Waals surface area (Å²) in [5, 5.41) is 12.7. The van der Waals surface area contributed by atoms with Gasteiger partial charge in [-0.1, -0.05) is 12.2 Å². The highest BCUT2D eigenvalue weighted by molar-refractivity contribution is 5.10. The van der Waals surface area contributed by atoms with E-state index in [1.807, 2.05) is 0 Å². The maximum atomic E-state index is 9.12. The number of ether oxygens (including phenoxy) is 1. The molecule has 0 heterocycles. The molecular formula is C14H25NO2. The van der Waals surface area contributed by atoms with Crippen LogP contribution in [0.4, 0.5) is 0 Å². The molecule has 0 unspecified atom stereocenters. The molecule has 4 atom stereocenters. The van der Waals surface area contributed by atoms with Gasteiger partial charge in [-0.3, -0.25) is 0 Å². The Hall–Kier alpha value is -0.380. The maximum Gasteiger partial charge on any atom is 0.0642 e. The van der Waals surface area contributed by atoms with Crippen LogP contribution in [-0.4, -0.2) is 37.5 Å². The molecule has 2 aliphatic carbocycles. The molecule has 0 saturated heterocycles. The van der Waals surface area contributed by atoms with Crippen LogP contribution >= 0.6 is 0 Å². The molecule has 2 N–H and O–H groups in total. The zero-order chi connectivity index (χ0) is 12.3. The van der Waals surface area contributed by atoms with Gasteiger partial charge in [-0.05, 0) is 50.5 Å². The summed E-state index contributed by atoms with van der Waals surface area (Å²) in [6.07, 6.45) is 8.20. The SMILES string of the molecule is COC[C@](C)(CCO)NC[C@H]1C[C@H]2C=C[C@H]1C2. The number of methoxy groups -OCH3 is 1. The van der Waals surface area contributed by atoms with Crippen LogP contribution in [0.3, 0.4) is 0 Å². The van der Waals surface area contributed by atoms with Crippen LogP contribution in [0.1, 0.15) is 26.2 Å². The van der Waals surface area contributed by atoms with Crippen LogP contribution in [0.15, 0.2) is 12.2 Å². The van der Waals surface area contributed by atoms with Gasteiger partial charge in [0.05, 0.1) is 6.61 Å². The standard InChI is InChI=1S/C14H25NO2/c1-14(5-6-16,10-17-2)15-9-13-8-11-3-4-12(13)7-11/h3-4,11-13,15-16H,5-10H2,1-2H3/t11-,12-,13+,14-/m0/s1. The van der Waals surface area contributed by atoms with Crippen molar-refractivity contribution in [1.82, 2.24) is 5.32 Å². The molecule has 0 aromatic heterocycles. The van der Waals surface area contributed by atoms with Crippen molar-refractivity contribution < 1.29 is 9.84 Å². The molecule has 2 aliphatic rings. The second-order valence-corrected chi connectivity index (χ2v) is 5.89. The van der Waals surface area contributed by atoms with E-state index in [0.717, 1.165) is 30.7 Å². The van der Waals surface area contributed by atoms with Gasteiger partial charge in [-0.15, -0.1) is 0 Å². The Morgan fingerprint density at radius 1 is 1.41 bits per heavy atom. The van der Waals surface area contributed by atoms with Crippen LogP contribution in [0.2, 0.25) is 0 Å². The lowest BCUT2D eigenvalue weighted by Gasteiger charge is -2.32. The zero-order valence-corrected chi connectivity index (χ0v) is 11.0. The van der Waals surface area contributed by atoms with E-state index in [2.05, 4.69) is 24.4 Å². The van der Waals surface area contributed by atoms with Crippen molar-refractivity contribution in [3.8, 4) is 0 Å². The largest absolute Gasteiger partial charge is 0.396 e. The molecule has 98 valence electrons. The first-order chi connectivity index (χ1) is 8.17. The molecule has 2 rings (SSSR count). The summed E-state index contributed by atoms with van der Waals surface area (Å²) in [7, 11) is 1.72. The monoisotopic (exact) mass is 239 g/mol. The van der Waals surface area contributed by atoms with E-state index < -0.39 is 0 Å². The van der Waals surface area contributed by atoms with E-state index in [0.29, 0.717) is 6.61 Å². The first-order valence-corrected chi connectivity index (χ1v) is 6.70. The number of allylic oxidation sites excluding steroid dienone is 2. The molecule has 17 heavy (non-hydrogen) atoms. The third kappa shape index (κ3) is 3.09. The number of hydrogen-bond donors (Lipinski definition) is 2. The average Bonchev–Trinajstić information content (AvgIpc) is 2.89. The van der Waals surface area contributed by atoms with E-state index in [1.54, 1.807) is 7.11 Å². The van der Waals surface area contributed by atoms with Gasteiger partial charge in [-0.25, -0.2) is 0 Å². The molecule has 0 aromatic rings. The molecule has 3 nitrogen and oxygen atoms in total. The fraction of sp³-hybridized carbons (Fsp3) is 0.857. The van der Waals surface area contributed by atoms with Gasteiger partial charge in [0.15, 0.2) is 0 Å². The molecular weight excluding hydrogens is 214 g/mol. The van der Waals surface area contributed by atoms with Gasteiger partial charge in [0.1, 0.15) is 0 Å². The van der Waals surface area contributed by atoms with E-state index >= 15 is 0 Å². The Balaban J connectivity index is 1.81. The highest BCUT2D eigenvalue weighted by Gasteiger charge is 2.36. The Labute approximate surface area is 104 Å². The second kappa shape index (κ2) is 5.51. The zero-order valence-electron chi connectivity index (χ0n) is 11.0. The van der Waals surface area contributed by atoms with Gasteiger partial charge in [0, 0.05) is 19.3 Å². The minimum absolute atomic E-state index is 0.0882. The maximum absolute atomic E-state index is 9.12. The summed E-state index contributed by atoms with van der Waals surface area (Å²) in [5.41, 5.74) is -0.0882. The van der Waals surface area contributed by atoms with Crippen LogP contribution in [-0.2, 0) is 4.74 Å². The summed E-state index contributed by atoms with van der Waals surface area (Å²) in [6.45, 7) is 4.05. The third-order valence-electron chi connectivity index (χ3n) is 4.33. The van der Waals surface area contributed by atoms with E-state index in [1.165, 1.54) is 12.8 Å². The van der Waals surface area contributed by atoms with Crippen LogP contribution in [0.5, 0.6) is 0 Å². The van der Waals surface area contributed by atoms with Crippen molar-refractivity contribution in [3.05, 3.63) is 12.2 Å². The van der Waals surface area contributed by atoms with Crippen LogP contribution in [0.25, 0.3) is 0 Å². The lowest BCUT2D eigenvalue weighted by Crippen LogP contribution is -2.49. The van der Waals surface area contributed by atoms with Crippen LogP contribution in [0, 0.1) is 17.8 Å². The molecule has 0 radical (unpaired) electrons. The molecule has 2 bridgehead atoms. The number of aliphatic hydroxyl groups excluding tert-OH is 1. The Kier molecular flexibility index (Phi) is 4.23. The molecule has 3 heteroatoms. The predicted molar refractivity (Wildman–Crippen MR) is 68.8 cm³/mol. The number of aliphatic hydroxyl groups is 1. The Morgan fingerprint density at radius 2 is 2.24 bits per heavy atom. The quantitative estimate of drug-likeness (QED) is 0.663. The van der Waals surface area contributed by atoms with Crippen molar-refractivity contribution in [2.75, 3.05) is 26.9 Å². The molecule has 1 saturated carbocycles. The van der Waals surface area contributed by atoms with Crippen molar-refractivity contribution >= 4 is 0 Å². The molecule has 0 spiro atoms. The van der Waals surface area contributed by atoms with Crippen molar-refractivity contribution in [2.45, 2.75) is 31.7 Å². The topological polar surface area (TPSA) is 41.5 Å². The minimum atomic E-state index is -0.0882. The predicted octanol–water partition coefficient (Wildman–Crippen LogP) is 1.58. The molecule has 0 aliphatic heterocycles. The van der Waals surface area contributed by atoms with Gasteiger partial charge in [0.2, 0.25) is 0 Å². The highest BCUT2D eigenvalue weighted by Crippen LogP contribution is 2.43.